The molecule has 0 heterocycles. The van der Waals surface area contributed by atoms with Crippen molar-refractivity contribution in [3.05, 3.63) is 0 Å². The summed E-state index contributed by atoms with van der Waals surface area (Å²) in [7, 11) is 0. The van der Waals surface area contributed by atoms with Crippen molar-refractivity contribution in [2.75, 3.05) is 0 Å². The van der Waals surface area contributed by atoms with Crippen LogP contribution in [-0.4, -0.2) is 5.78 Å². The summed E-state index contributed by atoms with van der Waals surface area (Å²) in [6.07, 6.45) is 6.05. The molecule has 0 unspecified atom stereocenters. The molecule has 0 aliphatic heterocycles. The van der Waals surface area contributed by atoms with E-state index in [1.165, 1.54) is 25.7 Å². The van der Waals surface area contributed by atoms with Gasteiger partial charge in [0.05, 0.1) is 0 Å². The van der Waals surface area contributed by atoms with Crippen LogP contribution in [0.2, 0.25) is 0 Å². The number of hydrogen-bond acceptors (Lipinski definition) is 1. The van der Waals surface area contributed by atoms with Crippen LogP contribution >= 0.6 is 0 Å². The summed E-state index contributed by atoms with van der Waals surface area (Å²) in [5.74, 6) is 2.77. The minimum absolute atomic E-state index is 0.153. The highest BCUT2D eigenvalue weighted by atomic mass is 16.1. The van der Waals surface area contributed by atoms with Gasteiger partial charge in [0.2, 0.25) is 0 Å². The number of carbonyl (C=O) groups is 1. The third-order valence-corrected chi connectivity index (χ3v) is 5.99. The van der Waals surface area contributed by atoms with Gasteiger partial charge in [-0.1, -0.05) is 27.2 Å². The third kappa shape index (κ3) is 0.976. The Labute approximate surface area is 92.6 Å². The van der Waals surface area contributed by atoms with E-state index in [1.807, 2.05) is 0 Å². The predicted molar refractivity (Wildman–Crippen MR) is 60.5 cm³/mol. The lowest BCUT2D eigenvalue weighted by Crippen LogP contribution is -2.33. The zero-order valence-corrected chi connectivity index (χ0v) is 10.2. The van der Waals surface area contributed by atoms with Crippen LogP contribution in [0.4, 0.5) is 0 Å². The highest BCUT2D eigenvalue weighted by molar-refractivity contribution is 5.92. The second kappa shape index (κ2) is 2.67. The van der Waals surface area contributed by atoms with Gasteiger partial charge < -0.3 is 0 Å². The second-order valence-corrected chi connectivity index (χ2v) is 6.71. The van der Waals surface area contributed by atoms with E-state index >= 15 is 0 Å². The van der Waals surface area contributed by atoms with Gasteiger partial charge >= 0.3 is 0 Å². The lowest BCUT2D eigenvalue weighted by molar-refractivity contribution is -0.126. The standard InChI is InChI=1S/C14H22O/c1-9-13(2,3)8-4-5-10-11-6-7-12(15)14(9,10)11/h9-11H,4-8H2,1-3H3/t9-,10-,11-,14+/m1/s1. The van der Waals surface area contributed by atoms with Crippen LogP contribution in [-0.2, 0) is 4.79 Å². The molecule has 3 fully saturated rings. The van der Waals surface area contributed by atoms with Crippen molar-refractivity contribution < 1.29 is 4.79 Å². The van der Waals surface area contributed by atoms with E-state index in [1.54, 1.807) is 0 Å². The molecule has 3 saturated carbocycles. The molecular weight excluding hydrogens is 184 g/mol. The number of carbonyl (C=O) groups excluding carboxylic acids is 1. The van der Waals surface area contributed by atoms with E-state index < -0.39 is 0 Å². The van der Waals surface area contributed by atoms with Gasteiger partial charge in [0.1, 0.15) is 5.78 Å². The number of hydrogen-bond donors (Lipinski definition) is 0. The van der Waals surface area contributed by atoms with Gasteiger partial charge in [-0.25, -0.2) is 0 Å². The lowest BCUT2D eigenvalue weighted by Gasteiger charge is -2.35. The van der Waals surface area contributed by atoms with Gasteiger partial charge in [-0.15, -0.1) is 0 Å². The highest BCUT2D eigenvalue weighted by Gasteiger charge is 2.74. The van der Waals surface area contributed by atoms with Crippen molar-refractivity contribution >= 4 is 5.78 Å². The van der Waals surface area contributed by atoms with E-state index in [9.17, 15) is 4.79 Å². The van der Waals surface area contributed by atoms with Crippen molar-refractivity contribution in [1.82, 2.24) is 0 Å². The van der Waals surface area contributed by atoms with Crippen LogP contribution in [0.1, 0.15) is 52.9 Å². The van der Waals surface area contributed by atoms with E-state index in [2.05, 4.69) is 20.8 Å². The average molecular weight is 206 g/mol. The topological polar surface area (TPSA) is 17.1 Å². The zero-order chi connectivity index (χ0) is 10.8. The van der Waals surface area contributed by atoms with Crippen LogP contribution in [0.15, 0.2) is 0 Å². The number of ketones is 1. The molecule has 0 aromatic heterocycles. The van der Waals surface area contributed by atoms with Gasteiger partial charge in [0.25, 0.3) is 0 Å². The summed E-state index contributed by atoms with van der Waals surface area (Å²) < 4.78 is 0. The second-order valence-electron chi connectivity index (χ2n) is 6.71. The lowest BCUT2D eigenvalue weighted by atomic mass is 9.68. The maximum Gasteiger partial charge on any atom is 0.139 e. The average Bonchev–Trinajstić information content (AvgIpc) is 2.70. The van der Waals surface area contributed by atoms with E-state index in [4.69, 9.17) is 0 Å². The monoisotopic (exact) mass is 206 g/mol. The normalized spacial score (nSPS) is 51.9. The Balaban J connectivity index is 2.02. The zero-order valence-electron chi connectivity index (χ0n) is 10.2. The van der Waals surface area contributed by atoms with E-state index in [0.717, 1.165) is 18.3 Å². The first-order valence-electron chi connectivity index (χ1n) is 6.54. The molecule has 0 aromatic carbocycles. The number of fused-ring (bicyclic) bond motifs is 1. The molecule has 3 aliphatic rings. The van der Waals surface area contributed by atoms with E-state index in [-0.39, 0.29) is 5.41 Å². The Morgan fingerprint density at radius 1 is 1.20 bits per heavy atom. The molecule has 0 aromatic rings. The van der Waals surface area contributed by atoms with Crippen LogP contribution in [0, 0.1) is 28.6 Å². The van der Waals surface area contributed by atoms with Crippen LogP contribution in [0.25, 0.3) is 0 Å². The maximum absolute atomic E-state index is 12.2. The van der Waals surface area contributed by atoms with Gasteiger partial charge in [-0.05, 0) is 42.4 Å². The van der Waals surface area contributed by atoms with E-state index in [0.29, 0.717) is 17.1 Å². The molecule has 0 saturated heterocycles. The molecule has 3 rings (SSSR count). The minimum atomic E-state index is 0.153. The van der Waals surface area contributed by atoms with Crippen LogP contribution < -0.4 is 0 Å². The Kier molecular flexibility index (Phi) is 1.76. The third-order valence-electron chi connectivity index (χ3n) is 5.99. The van der Waals surface area contributed by atoms with Crippen molar-refractivity contribution in [3.63, 3.8) is 0 Å². The van der Waals surface area contributed by atoms with Gasteiger partial charge in [0, 0.05) is 11.8 Å². The maximum atomic E-state index is 12.2. The molecule has 15 heavy (non-hydrogen) atoms. The molecule has 0 N–H and O–H groups in total. The number of rotatable bonds is 0. The summed E-state index contributed by atoms with van der Waals surface area (Å²) in [5, 5.41) is 0. The van der Waals surface area contributed by atoms with Crippen molar-refractivity contribution in [3.8, 4) is 0 Å². The SMILES string of the molecule is C[C@@H]1C(C)(C)CCC[C@@H]2[C@H]3CCC(=O)[C@@]231. The Hall–Kier alpha value is -0.330. The molecule has 0 radical (unpaired) electrons. The molecule has 0 amide bonds. The molecular formula is C14H22O. The summed E-state index contributed by atoms with van der Waals surface area (Å²) >= 11 is 0. The van der Waals surface area contributed by atoms with Crippen molar-refractivity contribution in [2.24, 2.45) is 28.6 Å². The molecule has 4 atom stereocenters. The minimum Gasteiger partial charge on any atom is -0.299 e. The first-order valence-corrected chi connectivity index (χ1v) is 6.54. The van der Waals surface area contributed by atoms with Crippen molar-refractivity contribution in [1.29, 1.82) is 0 Å². The van der Waals surface area contributed by atoms with Gasteiger partial charge in [-0.3, -0.25) is 4.79 Å². The van der Waals surface area contributed by atoms with Gasteiger partial charge in [-0.2, -0.15) is 0 Å². The molecule has 3 aliphatic carbocycles. The summed E-state index contributed by atoms with van der Waals surface area (Å²) in [6, 6.07) is 0. The smallest absolute Gasteiger partial charge is 0.139 e. The Bertz CT molecular complexity index is 317. The quantitative estimate of drug-likeness (QED) is 0.593. The fraction of sp³-hybridized carbons (Fsp3) is 0.929. The highest BCUT2D eigenvalue weighted by Crippen LogP contribution is 2.75. The molecule has 1 nitrogen and oxygen atoms in total. The van der Waals surface area contributed by atoms with Gasteiger partial charge in [0.15, 0.2) is 0 Å². The first-order chi connectivity index (χ1) is 7.01. The molecule has 0 bridgehead atoms. The first kappa shape index (κ1) is 9.86. The fourth-order valence-corrected chi connectivity index (χ4v) is 4.88. The Morgan fingerprint density at radius 2 is 1.87 bits per heavy atom. The summed E-state index contributed by atoms with van der Waals surface area (Å²) in [5.41, 5.74) is 0.531. The van der Waals surface area contributed by atoms with Crippen LogP contribution in [0.5, 0.6) is 0 Å². The summed E-state index contributed by atoms with van der Waals surface area (Å²) in [4.78, 5) is 12.2. The molecule has 84 valence electrons. The van der Waals surface area contributed by atoms with Crippen LogP contribution in [0.3, 0.4) is 0 Å². The molecule has 1 spiro atoms. The van der Waals surface area contributed by atoms with Crippen molar-refractivity contribution in [2.45, 2.75) is 52.9 Å². The predicted octanol–water partition coefficient (Wildman–Crippen LogP) is 3.43. The summed E-state index contributed by atoms with van der Waals surface area (Å²) in [6.45, 7) is 7.09. The fourth-order valence-electron chi connectivity index (χ4n) is 4.88. The largest absolute Gasteiger partial charge is 0.299 e. The molecule has 1 heteroatoms. The number of Topliss-reactive ketones (excluding diaryl/α,β-unsaturated/α-hetero) is 1. The Morgan fingerprint density at radius 3 is 2.60 bits per heavy atom.